The van der Waals surface area contributed by atoms with Gasteiger partial charge in [0.15, 0.2) is 4.77 Å². The third kappa shape index (κ3) is 4.93. The fourth-order valence-corrected chi connectivity index (χ4v) is 3.92. The Morgan fingerprint density at radius 3 is 2.56 bits per heavy atom. The van der Waals surface area contributed by atoms with Gasteiger partial charge < -0.3 is 15.2 Å². The number of rotatable bonds is 7. The van der Waals surface area contributed by atoms with Gasteiger partial charge in [0.2, 0.25) is 5.91 Å². The molecule has 0 bridgehead atoms. The van der Waals surface area contributed by atoms with E-state index in [1.54, 1.807) is 49.4 Å². The molecule has 1 heterocycles. The fourth-order valence-electron chi connectivity index (χ4n) is 3.16. The number of carbonyl (C=O) groups excluding carboxylic acids is 2. The minimum Gasteiger partial charge on any atom is -0.332 e. The predicted molar refractivity (Wildman–Crippen MR) is 130 cm³/mol. The monoisotopic (exact) mass is 490 g/mol. The van der Waals surface area contributed by atoms with Crippen LogP contribution in [-0.2, 0) is 11.3 Å². The number of hydrogen-bond acceptors (Lipinski definition) is 4. The van der Waals surface area contributed by atoms with E-state index in [2.05, 4.69) is 16.9 Å². The SMILES string of the molecule is C=CCn1c(=S)[nH]c2cc(C(=O)N(CC)CC(=O)Nc3c(Cl)cccc3Cl)ccc2c1=O. The van der Waals surface area contributed by atoms with Gasteiger partial charge in [-0.05, 0) is 49.5 Å². The van der Waals surface area contributed by atoms with Gasteiger partial charge in [-0.15, -0.1) is 6.58 Å². The number of fused-ring (bicyclic) bond motifs is 1. The summed E-state index contributed by atoms with van der Waals surface area (Å²) in [6.07, 6.45) is 1.58. The first-order valence-corrected chi connectivity index (χ1v) is 10.8. The predicted octanol–water partition coefficient (Wildman–Crippen LogP) is 4.65. The number of benzene rings is 2. The van der Waals surface area contributed by atoms with Gasteiger partial charge in [-0.25, -0.2) is 0 Å². The fraction of sp³-hybridized carbons (Fsp3) is 0.182. The van der Waals surface area contributed by atoms with Crippen LogP contribution in [0.1, 0.15) is 17.3 Å². The molecule has 0 aliphatic rings. The maximum Gasteiger partial charge on any atom is 0.262 e. The van der Waals surface area contributed by atoms with E-state index in [1.807, 2.05) is 0 Å². The molecule has 1 aromatic heterocycles. The molecule has 3 aromatic rings. The summed E-state index contributed by atoms with van der Waals surface area (Å²) < 4.78 is 1.62. The Morgan fingerprint density at radius 2 is 1.94 bits per heavy atom. The van der Waals surface area contributed by atoms with E-state index in [9.17, 15) is 14.4 Å². The third-order valence-electron chi connectivity index (χ3n) is 4.77. The number of halogens is 2. The van der Waals surface area contributed by atoms with Crippen LogP contribution in [0.4, 0.5) is 5.69 Å². The number of nitrogens with one attached hydrogen (secondary N) is 2. The number of H-pyrrole nitrogens is 1. The molecule has 0 saturated carbocycles. The van der Waals surface area contributed by atoms with Crippen LogP contribution in [0.25, 0.3) is 10.9 Å². The first-order valence-electron chi connectivity index (χ1n) is 9.67. The Labute approximate surface area is 199 Å². The van der Waals surface area contributed by atoms with Crippen LogP contribution in [0.2, 0.25) is 10.0 Å². The van der Waals surface area contributed by atoms with E-state index in [1.165, 1.54) is 9.47 Å². The van der Waals surface area contributed by atoms with Gasteiger partial charge in [-0.3, -0.25) is 19.0 Å². The molecule has 3 rings (SSSR count). The molecule has 166 valence electrons. The second-order valence-electron chi connectivity index (χ2n) is 6.86. The highest BCUT2D eigenvalue weighted by Crippen LogP contribution is 2.29. The highest BCUT2D eigenvalue weighted by Gasteiger charge is 2.19. The van der Waals surface area contributed by atoms with Crippen molar-refractivity contribution >= 4 is 63.8 Å². The third-order valence-corrected chi connectivity index (χ3v) is 5.72. The first kappa shape index (κ1) is 23.7. The molecule has 32 heavy (non-hydrogen) atoms. The molecule has 0 spiro atoms. The van der Waals surface area contributed by atoms with Crippen molar-refractivity contribution in [2.45, 2.75) is 13.5 Å². The minimum absolute atomic E-state index is 0.203. The number of anilines is 1. The molecule has 0 unspecified atom stereocenters. The summed E-state index contributed by atoms with van der Waals surface area (Å²) in [5.74, 6) is -0.813. The Morgan fingerprint density at radius 1 is 1.25 bits per heavy atom. The number of allylic oxidation sites excluding steroid dienone is 1. The molecule has 2 amide bonds. The Balaban J connectivity index is 1.85. The Hall–Kier alpha value is -2.94. The summed E-state index contributed by atoms with van der Waals surface area (Å²) in [5.41, 5.74) is 0.772. The quantitative estimate of drug-likeness (QED) is 0.372. The van der Waals surface area contributed by atoms with E-state index in [0.29, 0.717) is 32.2 Å². The van der Waals surface area contributed by atoms with Crippen molar-refractivity contribution in [3.05, 3.63) is 79.8 Å². The Kier molecular flexibility index (Phi) is 7.50. The number of carbonyl (C=O) groups is 2. The number of amides is 2. The summed E-state index contributed by atoms with van der Waals surface area (Å²) in [5, 5.41) is 3.63. The van der Waals surface area contributed by atoms with Crippen molar-refractivity contribution in [3.63, 3.8) is 0 Å². The summed E-state index contributed by atoms with van der Waals surface area (Å²) in [7, 11) is 0. The average molecular weight is 491 g/mol. The Bertz CT molecular complexity index is 1310. The zero-order valence-electron chi connectivity index (χ0n) is 17.2. The molecule has 0 atom stereocenters. The van der Waals surface area contributed by atoms with Crippen LogP contribution in [0.3, 0.4) is 0 Å². The van der Waals surface area contributed by atoms with Crippen molar-refractivity contribution in [3.8, 4) is 0 Å². The van der Waals surface area contributed by atoms with Gasteiger partial charge in [-0.1, -0.05) is 35.3 Å². The number of nitrogens with zero attached hydrogens (tertiary/aromatic N) is 2. The van der Waals surface area contributed by atoms with Gasteiger partial charge >= 0.3 is 0 Å². The molecule has 0 aliphatic heterocycles. The van der Waals surface area contributed by atoms with Crippen molar-refractivity contribution in [2.75, 3.05) is 18.4 Å². The zero-order valence-corrected chi connectivity index (χ0v) is 19.5. The minimum atomic E-state index is -0.442. The maximum absolute atomic E-state index is 13.0. The lowest BCUT2D eigenvalue weighted by molar-refractivity contribution is -0.116. The van der Waals surface area contributed by atoms with Crippen molar-refractivity contribution in [1.29, 1.82) is 0 Å². The number of aromatic amines is 1. The number of hydrogen-bond donors (Lipinski definition) is 2. The summed E-state index contributed by atoms with van der Waals surface area (Å²) in [6, 6.07) is 9.54. The van der Waals surface area contributed by atoms with Crippen LogP contribution < -0.4 is 10.9 Å². The lowest BCUT2D eigenvalue weighted by Crippen LogP contribution is -2.38. The molecule has 0 fully saturated rings. The molecule has 10 heteroatoms. The zero-order chi connectivity index (χ0) is 23.4. The van der Waals surface area contributed by atoms with Crippen LogP contribution in [0.5, 0.6) is 0 Å². The van der Waals surface area contributed by atoms with E-state index in [0.717, 1.165) is 0 Å². The van der Waals surface area contributed by atoms with Crippen LogP contribution >= 0.6 is 35.4 Å². The average Bonchev–Trinajstić information content (AvgIpc) is 2.76. The highest BCUT2D eigenvalue weighted by molar-refractivity contribution is 7.71. The second-order valence-corrected chi connectivity index (χ2v) is 8.06. The number of likely N-dealkylation sites (N-methyl/N-ethyl adjacent to an activating group) is 1. The molecule has 0 radical (unpaired) electrons. The van der Waals surface area contributed by atoms with E-state index in [-0.39, 0.29) is 35.9 Å². The van der Waals surface area contributed by atoms with E-state index in [4.69, 9.17) is 35.4 Å². The van der Waals surface area contributed by atoms with Gasteiger partial charge in [0, 0.05) is 18.7 Å². The molecule has 0 saturated heterocycles. The summed E-state index contributed by atoms with van der Waals surface area (Å²) in [4.78, 5) is 42.6. The molecular formula is C22H20Cl2N4O3S. The van der Waals surface area contributed by atoms with E-state index >= 15 is 0 Å². The molecule has 7 nitrogen and oxygen atoms in total. The van der Waals surface area contributed by atoms with Crippen LogP contribution in [-0.4, -0.2) is 39.4 Å². The second kappa shape index (κ2) is 10.1. The molecular weight excluding hydrogens is 471 g/mol. The lowest BCUT2D eigenvalue weighted by Gasteiger charge is -2.21. The largest absolute Gasteiger partial charge is 0.332 e. The van der Waals surface area contributed by atoms with Crippen molar-refractivity contribution in [2.24, 2.45) is 0 Å². The number of para-hydroxylation sites is 1. The van der Waals surface area contributed by atoms with Crippen LogP contribution in [0.15, 0.2) is 53.8 Å². The van der Waals surface area contributed by atoms with Crippen molar-refractivity contribution in [1.82, 2.24) is 14.5 Å². The van der Waals surface area contributed by atoms with Gasteiger partial charge in [0.05, 0.1) is 26.6 Å². The van der Waals surface area contributed by atoms with Gasteiger partial charge in [-0.2, -0.15) is 0 Å². The molecule has 2 aromatic carbocycles. The van der Waals surface area contributed by atoms with Gasteiger partial charge in [0.25, 0.3) is 11.5 Å². The standard InChI is InChI=1S/C22H20Cl2N4O3S/c1-3-10-28-21(31)14-9-8-13(11-17(14)25-22(28)32)20(30)27(4-2)12-18(29)26-19-15(23)6-5-7-16(19)24/h3,5-9,11H,1,4,10,12H2,2H3,(H,25,32)(H,26,29). The molecule has 2 N–H and O–H groups in total. The normalized spacial score (nSPS) is 10.7. The highest BCUT2D eigenvalue weighted by atomic mass is 35.5. The smallest absolute Gasteiger partial charge is 0.262 e. The maximum atomic E-state index is 13.0. The topological polar surface area (TPSA) is 87.2 Å². The summed E-state index contributed by atoms with van der Waals surface area (Å²) in [6.45, 7) is 5.75. The van der Waals surface area contributed by atoms with E-state index < -0.39 is 5.91 Å². The van der Waals surface area contributed by atoms with Crippen LogP contribution in [0, 0.1) is 4.77 Å². The van der Waals surface area contributed by atoms with Gasteiger partial charge in [0.1, 0.15) is 6.54 Å². The number of aromatic nitrogens is 2. The first-order chi connectivity index (χ1) is 15.3. The summed E-state index contributed by atoms with van der Waals surface area (Å²) >= 11 is 17.4. The molecule has 0 aliphatic carbocycles. The van der Waals surface area contributed by atoms with Crippen molar-refractivity contribution < 1.29 is 9.59 Å². The lowest BCUT2D eigenvalue weighted by atomic mass is 10.1.